The van der Waals surface area contributed by atoms with Gasteiger partial charge in [0.25, 0.3) is 0 Å². The maximum Gasteiger partial charge on any atom is 0.130 e. The van der Waals surface area contributed by atoms with Crippen LogP contribution in [0.25, 0.3) is 0 Å². The van der Waals surface area contributed by atoms with E-state index >= 15 is 0 Å². The summed E-state index contributed by atoms with van der Waals surface area (Å²) in [6, 6.07) is 11.6. The molecule has 0 atom stereocenters. The van der Waals surface area contributed by atoms with Crippen LogP contribution in [-0.2, 0) is 17.7 Å². The maximum atomic E-state index is 5.75. The summed E-state index contributed by atoms with van der Waals surface area (Å²) in [5, 5.41) is 0. The molecule has 0 aliphatic carbocycles. The third-order valence-corrected chi connectivity index (χ3v) is 2.75. The van der Waals surface area contributed by atoms with Crippen molar-refractivity contribution < 1.29 is 9.47 Å². The van der Waals surface area contributed by atoms with E-state index in [1.54, 1.807) is 13.3 Å². The number of hydrogen-bond acceptors (Lipinski definition) is 4. The van der Waals surface area contributed by atoms with Crippen molar-refractivity contribution in [1.82, 2.24) is 4.98 Å². The fourth-order valence-electron chi connectivity index (χ4n) is 1.71. The van der Waals surface area contributed by atoms with E-state index in [2.05, 4.69) is 4.98 Å². The number of nitrogens with two attached hydrogens (primary N) is 1. The molecule has 1 heterocycles. The van der Waals surface area contributed by atoms with Crippen molar-refractivity contribution >= 4 is 0 Å². The highest BCUT2D eigenvalue weighted by atomic mass is 16.5. The van der Waals surface area contributed by atoms with Crippen molar-refractivity contribution in [3.05, 3.63) is 53.9 Å². The van der Waals surface area contributed by atoms with Crippen LogP contribution in [-0.4, -0.2) is 18.7 Å². The minimum Gasteiger partial charge on any atom is -0.457 e. The Kier molecular flexibility index (Phi) is 4.89. The third kappa shape index (κ3) is 4.05. The molecule has 4 nitrogen and oxygen atoms in total. The summed E-state index contributed by atoms with van der Waals surface area (Å²) in [6.07, 6.45) is 2.61. The molecule has 0 bridgehead atoms. The van der Waals surface area contributed by atoms with E-state index in [-0.39, 0.29) is 0 Å². The molecule has 2 rings (SSSR count). The number of pyridine rings is 1. The topological polar surface area (TPSA) is 57.4 Å². The van der Waals surface area contributed by atoms with Crippen molar-refractivity contribution in [1.29, 1.82) is 0 Å². The van der Waals surface area contributed by atoms with Crippen LogP contribution in [0.2, 0.25) is 0 Å². The van der Waals surface area contributed by atoms with Gasteiger partial charge in [0.2, 0.25) is 0 Å². The molecule has 100 valence electrons. The Morgan fingerprint density at radius 3 is 2.58 bits per heavy atom. The Labute approximate surface area is 113 Å². The first-order chi connectivity index (χ1) is 9.31. The molecule has 1 aromatic carbocycles. The van der Waals surface area contributed by atoms with E-state index in [1.165, 1.54) is 5.56 Å². The van der Waals surface area contributed by atoms with Crippen LogP contribution in [0.5, 0.6) is 11.5 Å². The summed E-state index contributed by atoms with van der Waals surface area (Å²) in [5.74, 6) is 1.55. The minimum atomic E-state index is 0.410. The van der Waals surface area contributed by atoms with Gasteiger partial charge in [-0.2, -0.15) is 0 Å². The average molecular weight is 258 g/mol. The normalized spacial score (nSPS) is 10.4. The van der Waals surface area contributed by atoms with Crippen LogP contribution in [0.1, 0.15) is 11.3 Å². The first-order valence-corrected chi connectivity index (χ1v) is 6.22. The van der Waals surface area contributed by atoms with Gasteiger partial charge in [0.15, 0.2) is 0 Å². The van der Waals surface area contributed by atoms with Crippen LogP contribution < -0.4 is 10.5 Å². The largest absolute Gasteiger partial charge is 0.457 e. The highest BCUT2D eigenvalue weighted by Crippen LogP contribution is 2.21. The lowest BCUT2D eigenvalue weighted by atomic mass is 10.1. The summed E-state index contributed by atoms with van der Waals surface area (Å²) in [6.45, 7) is 1.14. The SMILES string of the molecule is COCCc1ccc(Oc2ccnc(CN)c2)cc1. The molecule has 0 amide bonds. The van der Waals surface area contributed by atoms with Gasteiger partial charge in [-0.15, -0.1) is 0 Å². The molecule has 0 unspecified atom stereocenters. The van der Waals surface area contributed by atoms with Crippen molar-refractivity contribution in [2.45, 2.75) is 13.0 Å². The van der Waals surface area contributed by atoms with Crippen LogP contribution in [0.3, 0.4) is 0 Å². The second-order valence-corrected chi connectivity index (χ2v) is 4.18. The van der Waals surface area contributed by atoms with Gasteiger partial charge in [-0.1, -0.05) is 12.1 Å². The van der Waals surface area contributed by atoms with Gasteiger partial charge in [0.05, 0.1) is 12.3 Å². The lowest BCUT2D eigenvalue weighted by Crippen LogP contribution is -1.99. The van der Waals surface area contributed by atoms with E-state index in [0.29, 0.717) is 6.54 Å². The lowest BCUT2D eigenvalue weighted by Gasteiger charge is -2.07. The van der Waals surface area contributed by atoms with Crippen molar-refractivity contribution in [3.8, 4) is 11.5 Å². The zero-order valence-corrected chi connectivity index (χ0v) is 11.0. The molecule has 0 radical (unpaired) electrons. The molecule has 0 aliphatic heterocycles. The molecule has 0 saturated carbocycles. The number of benzene rings is 1. The number of ether oxygens (including phenoxy) is 2. The standard InChI is InChI=1S/C15H18N2O2/c1-18-9-7-12-2-4-14(5-3-12)19-15-6-8-17-13(10-15)11-16/h2-6,8,10H,7,9,11,16H2,1H3. The zero-order chi connectivity index (χ0) is 13.5. The number of methoxy groups -OCH3 is 1. The monoisotopic (exact) mass is 258 g/mol. The van der Waals surface area contributed by atoms with Gasteiger partial charge in [0, 0.05) is 25.9 Å². The van der Waals surface area contributed by atoms with E-state index < -0.39 is 0 Å². The Bertz CT molecular complexity index is 512. The molecule has 19 heavy (non-hydrogen) atoms. The molecule has 2 aromatic rings. The van der Waals surface area contributed by atoms with Crippen LogP contribution in [0, 0.1) is 0 Å². The number of rotatable bonds is 6. The molecule has 0 fully saturated rings. The molecule has 2 N–H and O–H groups in total. The maximum absolute atomic E-state index is 5.75. The summed E-state index contributed by atoms with van der Waals surface area (Å²) >= 11 is 0. The first-order valence-electron chi connectivity index (χ1n) is 6.22. The van der Waals surface area contributed by atoms with E-state index in [0.717, 1.165) is 30.2 Å². The summed E-state index contributed by atoms with van der Waals surface area (Å²) in [7, 11) is 1.70. The first kappa shape index (κ1) is 13.5. The summed E-state index contributed by atoms with van der Waals surface area (Å²) in [4.78, 5) is 4.13. The van der Waals surface area contributed by atoms with Crippen LogP contribution in [0.4, 0.5) is 0 Å². The molecule has 0 spiro atoms. The highest BCUT2D eigenvalue weighted by molar-refractivity contribution is 5.33. The van der Waals surface area contributed by atoms with Gasteiger partial charge in [-0.3, -0.25) is 4.98 Å². The predicted octanol–water partition coefficient (Wildman–Crippen LogP) is 2.52. The van der Waals surface area contributed by atoms with E-state index in [9.17, 15) is 0 Å². The smallest absolute Gasteiger partial charge is 0.130 e. The summed E-state index contributed by atoms with van der Waals surface area (Å²) < 4.78 is 10.8. The Balaban J connectivity index is 2.02. The van der Waals surface area contributed by atoms with Gasteiger partial charge in [0.1, 0.15) is 11.5 Å². The van der Waals surface area contributed by atoms with E-state index in [1.807, 2.05) is 36.4 Å². The molecule has 0 saturated heterocycles. The molecule has 0 aliphatic rings. The zero-order valence-electron chi connectivity index (χ0n) is 11.0. The van der Waals surface area contributed by atoms with Crippen LogP contribution in [0.15, 0.2) is 42.6 Å². The average Bonchev–Trinajstić information content (AvgIpc) is 2.47. The third-order valence-electron chi connectivity index (χ3n) is 2.75. The minimum absolute atomic E-state index is 0.410. The fraction of sp³-hybridized carbons (Fsp3) is 0.267. The Morgan fingerprint density at radius 1 is 1.11 bits per heavy atom. The van der Waals surface area contributed by atoms with Crippen molar-refractivity contribution in [2.24, 2.45) is 5.73 Å². The fourth-order valence-corrected chi connectivity index (χ4v) is 1.71. The van der Waals surface area contributed by atoms with Gasteiger partial charge in [-0.25, -0.2) is 0 Å². The van der Waals surface area contributed by atoms with E-state index in [4.69, 9.17) is 15.2 Å². The lowest BCUT2D eigenvalue weighted by molar-refractivity contribution is 0.202. The van der Waals surface area contributed by atoms with Gasteiger partial charge in [-0.05, 0) is 30.2 Å². The van der Waals surface area contributed by atoms with Crippen molar-refractivity contribution in [2.75, 3.05) is 13.7 Å². The second kappa shape index (κ2) is 6.87. The second-order valence-electron chi connectivity index (χ2n) is 4.18. The number of nitrogens with zero attached hydrogens (tertiary/aromatic N) is 1. The highest BCUT2D eigenvalue weighted by Gasteiger charge is 2.00. The molecular weight excluding hydrogens is 240 g/mol. The number of aromatic nitrogens is 1. The van der Waals surface area contributed by atoms with Gasteiger partial charge < -0.3 is 15.2 Å². The Hall–Kier alpha value is -1.91. The quantitative estimate of drug-likeness (QED) is 0.865. The molecule has 1 aromatic heterocycles. The summed E-state index contributed by atoms with van der Waals surface area (Å²) in [5.41, 5.74) is 7.59. The predicted molar refractivity (Wildman–Crippen MR) is 74.2 cm³/mol. The van der Waals surface area contributed by atoms with Crippen molar-refractivity contribution in [3.63, 3.8) is 0 Å². The Morgan fingerprint density at radius 2 is 1.89 bits per heavy atom. The number of hydrogen-bond donors (Lipinski definition) is 1. The molecular formula is C15H18N2O2. The van der Waals surface area contributed by atoms with Crippen LogP contribution >= 0.6 is 0 Å². The van der Waals surface area contributed by atoms with Gasteiger partial charge >= 0.3 is 0 Å². The molecule has 4 heteroatoms.